The largest absolute Gasteiger partial charge is 0.573 e. The van der Waals surface area contributed by atoms with E-state index in [2.05, 4.69) is 10.1 Å². The van der Waals surface area contributed by atoms with Crippen LogP contribution in [0.3, 0.4) is 0 Å². The number of benzene rings is 2. The summed E-state index contributed by atoms with van der Waals surface area (Å²) < 4.78 is 40.3. The van der Waals surface area contributed by atoms with Crippen LogP contribution in [0.25, 0.3) is 0 Å². The van der Waals surface area contributed by atoms with E-state index < -0.39 is 6.36 Å². The number of hydrogen-bond acceptors (Lipinski definition) is 3. The van der Waals surface area contributed by atoms with Crippen molar-refractivity contribution in [3.8, 4) is 5.75 Å². The molecule has 2 aromatic carbocycles. The molecule has 0 saturated heterocycles. The summed E-state index contributed by atoms with van der Waals surface area (Å²) in [5.74, 6) is -0.218. The van der Waals surface area contributed by atoms with Crippen molar-refractivity contribution in [1.29, 1.82) is 0 Å². The number of hydrogen-bond donors (Lipinski definition) is 1. The molecule has 2 aromatic rings. The number of halogens is 3. The zero-order valence-corrected chi connectivity index (χ0v) is 11.2. The summed E-state index contributed by atoms with van der Waals surface area (Å²) in [4.78, 5) is 2.04. The van der Waals surface area contributed by atoms with Gasteiger partial charge in [0, 0.05) is 7.05 Å². The van der Waals surface area contributed by atoms with E-state index in [0.717, 1.165) is 16.9 Å². The van der Waals surface area contributed by atoms with Crippen LogP contribution in [-0.4, -0.2) is 13.4 Å². The van der Waals surface area contributed by atoms with Crippen molar-refractivity contribution in [1.82, 2.24) is 0 Å². The minimum absolute atomic E-state index is 0.109. The number of anilines is 2. The van der Waals surface area contributed by atoms with Crippen LogP contribution in [0.4, 0.5) is 24.5 Å². The molecule has 0 saturated carbocycles. The normalized spacial score (nSPS) is 17.3. The Morgan fingerprint density at radius 1 is 1.05 bits per heavy atom. The molecule has 3 nitrogen and oxygen atoms in total. The number of rotatable bonds is 2. The molecule has 1 aliphatic heterocycles. The first-order chi connectivity index (χ1) is 9.94. The highest BCUT2D eigenvalue weighted by molar-refractivity contribution is 5.76. The maximum Gasteiger partial charge on any atom is 0.573 e. The van der Waals surface area contributed by atoms with Crippen molar-refractivity contribution in [3.63, 3.8) is 0 Å². The number of ether oxygens (including phenoxy) is 1. The van der Waals surface area contributed by atoms with E-state index in [1.165, 1.54) is 12.1 Å². The van der Waals surface area contributed by atoms with Gasteiger partial charge in [0.05, 0.1) is 11.4 Å². The average Bonchev–Trinajstić information content (AvgIpc) is 2.76. The zero-order chi connectivity index (χ0) is 15.0. The first kappa shape index (κ1) is 13.6. The molecule has 1 N–H and O–H groups in total. The minimum atomic E-state index is -4.67. The average molecular weight is 294 g/mol. The molecule has 0 spiro atoms. The van der Waals surface area contributed by atoms with Gasteiger partial charge in [-0.25, -0.2) is 0 Å². The Bertz CT molecular complexity index is 640. The predicted octanol–water partition coefficient (Wildman–Crippen LogP) is 4.15. The van der Waals surface area contributed by atoms with Gasteiger partial charge in [-0.2, -0.15) is 0 Å². The van der Waals surface area contributed by atoms with Crippen LogP contribution in [0.15, 0.2) is 48.5 Å². The fourth-order valence-electron chi connectivity index (χ4n) is 2.45. The minimum Gasteiger partial charge on any atom is -0.406 e. The van der Waals surface area contributed by atoms with Crippen LogP contribution in [0.5, 0.6) is 5.75 Å². The third kappa shape index (κ3) is 2.74. The Labute approximate surface area is 119 Å². The van der Waals surface area contributed by atoms with Gasteiger partial charge >= 0.3 is 6.36 Å². The molecule has 1 atom stereocenters. The van der Waals surface area contributed by atoms with Crippen LogP contribution in [0, 0.1) is 0 Å². The van der Waals surface area contributed by atoms with Crippen molar-refractivity contribution >= 4 is 11.4 Å². The number of para-hydroxylation sites is 2. The van der Waals surface area contributed by atoms with Gasteiger partial charge in [-0.05, 0) is 29.8 Å². The fourth-order valence-corrected chi connectivity index (χ4v) is 2.45. The molecular weight excluding hydrogens is 281 g/mol. The van der Waals surface area contributed by atoms with Gasteiger partial charge in [-0.15, -0.1) is 13.2 Å². The Hall–Kier alpha value is -2.37. The van der Waals surface area contributed by atoms with Crippen LogP contribution in [0.2, 0.25) is 0 Å². The van der Waals surface area contributed by atoms with Gasteiger partial charge < -0.3 is 15.0 Å². The molecule has 6 heteroatoms. The van der Waals surface area contributed by atoms with Gasteiger partial charge in [-0.3, -0.25) is 0 Å². The number of fused-ring (bicyclic) bond motifs is 1. The Balaban J connectivity index is 1.80. The SMILES string of the molecule is CN1c2ccccc2NC1c1ccc(OC(F)(F)F)cc1. The zero-order valence-electron chi connectivity index (χ0n) is 11.2. The molecule has 21 heavy (non-hydrogen) atoms. The second-order valence-electron chi connectivity index (χ2n) is 4.79. The highest BCUT2D eigenvalue weighted by atomic mass is 19.4. The second-order valence-corrected chi connectivity index (χ2v) is 4.79. The van der Waals surface area contributed by atoms with Gasteiger partial charge in [-0.1, -0.05) is 24.3 Å². The topological polar surface area (TPSA) is 24.5 Å². The molecule has 0 aliphatic carbocycles. The first-order valence-electron chi connectivity index (χ1n) is 6.38. The van der Waals surface area contributed by atoms with Gasteiger partial charge in [0.25, 0.3) is 0 Å². The number of alkyl halides is 3. The monoisotopic (exact) mass is 294 g/mol. The van der Waals surface area contributed by atoms with Crippen molar-refractivity contribution < 1.29 is 17.9 Å². The Morgan fingerprint density at radius 3 is 2.33 bits per heavy atom. The lowest BCUT2D eigenvalue weighted by Gasteiger charge is -2.22. The highest BCUT2D eigenvalue weighted by Gasteiger charge is 2.31. The molecule has 0 aromatic heterocycles. The lowest BCUT2D eigenvalue weighted by molar-refractivity contribution is -0.274. The third-order valence-electron chi connectivity index (χ3n) is 3.39. The Kier molecular flexibility index (Phi) is 3.16. The molecular formula is C15H13F3N2O. The van der Waals surface area contributed by atoms with Gasteiger partial charge in [0.2, 0.25) is 0 Å². The summed E-state index contributed by atoms with van der Waals surface area (Å²) in [7, 11) is 1.93. The fraction of sp³-hybridized carbons (Fsp3) is 0.200. The first-order valence-corrected chi connectivity index (χ1v) is 6.38. The van der Waals surface area contributed by atoms with Crippen molar-refractivity contribution in [2.45, 2.75) is 12.5 Å². The maximum atomic E-state index is 12.1. The molecule has 110 valence electrons. The molecule has 0 amide bonds. The standard InChI is InChI=1S/C15H13F3N2O/c1-20-13-5-3-2-4-12(13)19-14(20)10-6-8-11(9-7-10)21-15(16,17)18/h2-9,14,19H,1H3. The number of nitrogens with zero attached hydrogens (tertiary/aromatic N) is 1. The smallest absolute Gasteiger partial charge is 0.406 e. The summed E-state index contributed by atoms with van der Waals surface area (Å²) in [6.07, 6.45) is -4.78. The van der Waals surface area contributed by atoms with Crippen LogP contribution >= 0.6 is 0 Å². The van der Waals surface area contributed by atoms with E-state index in [-0.39, 0.29) is 11.9 Å². The van der Waals surface area contributed by atoms with Gasteiger partial charge in [0.1, 0.15) is 11.9 Å². The van der Waals surface area contributed by atoms with Crippen molar-refractivity contribution in [2.24, 2.45) is 0 Å². The van der Waals surface area contributed by atoms with E-state index in [9.17, 15) is 13.2 Å². The highest BCUT2D eigenvalue weighted by Crippen LogP contribution is 2.39. The molecule has 1 aliphatic rings. The summed E-state index contributed by atoms with van der Waals surface area (Å²) >= 11 is 0. The van der Waals surface area contributed by atoms with Crippen LogP contribution in [0.1, 0.15) is 11.7 Å². The Morgan fingerprint density at radius 2 is 1.71 bits per heavy atom. The van der Waals surface area contributed by atoms with Crippen molar-refractivity contribution in [2.75, 3.05) is 17.3 Å². The van der Waals surface area contributed by atoms with Crippen LogP contribution in [-0.2, 0) is 0 Å². The molecule has 0 bridgehead atoms. The van der Waals surface area contributed by atoms with E-state index in [4.69, 9.17) is 0 Å². The second kappa shape index (κ2) is 4.87. The van der Waals surface area contributed by atoms with E-state index in [1.807, 2.05) is 36.2 Å². The van der Waals surface area contributed by atoms with E-state index in [0.29, 0.717) is 0 Å². The lowest BCUT2D eigenvalue weighted by atomic mass is 10.1. The molecule has 3 rings (SSSR count). The molecule has 1 unspecified atom stereocenters. The van der Waals surface area contributed by atoms with Crippen LogP contribution < -0.4 is 15.0 Å². The van der Waals surface area contributed by atoms with E-state index in [1.54, 1.807) is 12.1 Å². The maximum absolute atomic E-state index is 12.1. The number of nitrogens with one attached hydrogen (secondary N) is 1. The summed E-state index contributed by atoms with van der Waals surface area (Å²) in [5, 5.41) is 3.33. The summed E-state index contributed by atoms with van der Waals surface area (Å²) in [6.45, 7) is 0. The summed E-state index contributed by atoms with van der Waals surface area (Å²) in [5.41, 5.74) is 2.92. The predicted molar refractivity (Wildman–Crippen MR) is 74.3 cm³/mol. The van der Waals surface area contributed by atoms with Gasteiger partial charge in [0.15, 0.2) is 0 Å². The summed E-state index contributed by atoms with van der Waals surface area (Å²) in [6, 6.07) is 13.7. The third-order valence-corrected chi connectivity index (χ3v) is 3.39. The van der Waals surface area contributed by atoms with Crippen molar-refractivity contribution in [3.05, 3.63) is 54.1 Å². The quantitative estimate of drug-likeness (QED) is 0.900. The van der Waals surface area contributed by atoms with E-state index >= 15 is 0 Å². The molecule has 0 radical (unpaired) electrons. The molecule has 0 fully saturated rings. The molecule has 1 heterocycles. The lowest BCUT2D eigenvalue weighted by Crippen LogP contribution is -2.23.